The molecule has 20 heavy (non-hydrogen) atoms. The molecule has 0 fully saturated rings. The minimum absolute atomic E-state index is 0.0957. The lowest BCUT2D eigenvalue weighted by Gasteiger charge is -2.28. The minimum atomic E-state index is -0.929. The van der Waals surface area contributed by atoms with Crippen LogP contribution in [0, 0.1) is 0 Å². The minimum Gasteiger partial charge on any atom is -0.481 e. The molecule has 0 bridgehead atoms. The molecule has 1 aromatic rings. The average Bonchev–Trinajstić information content (AvgIpc) is 2.38. The van der Waals surface area contributed by atoms with E-state index in [2.05, 4.69) is 6.58 Å². The first kappa shape index (κ1) is 15.8. The molecule has 0 atom stereocenters. The van der Waals surface area contributed by atoms with Crippen LogP contribution in [0.3, 0.4) is 0 Å². The summed E-state index contributed by atoms with van der Waals surface area (Å²) in [6.45, 7) is 6.20. The Morgan fingerprint density at radius 1 is 1.25 bits per heavy atom. The molecule has 108 valence electrons. The molecule has 0 aliphatic rings. The van der Waals surface area contributed by atoms with Gasteiger partial charge in [0.05, 0.1) is 6.42 Å². The van der Waals surface area contributed by atoms with Crippen molar-refractivity contribution >= 4 is 17.7 Å². The van der Waals surface area contributed by atoms with Gasteiger partial charge in [0.1, 0.15) is 0 Å². The van der Waals surface area contributed by atoms with Gasteiger partial charge in [0.15, 0.2) is 0 Å². The van der Waals surface area contributed by atoms with Crippen LogP contribution in [-0.2, 0) is 4.79 Å². The van der Waals surface area contributed by atoms with E-state index in [1.165, 1.54) is 9.80 Å². The van der Waals surface area contributed by atoms with E-state index in [0.717, 1.165) is 5.57 Å². The van der Waals surface area contributed by atoms with Crippen molar-refractivity contribution < 1.29 is 14.7 Å². The molecule has 0 saturated carbocycles. The molecule has 0 aliphatic carbocycles. The molecule has 1 N–H and O–H groups in total. The Balaban J connectivity index is 2.89. The Morgan fingerprint density at radius 3 is 2.35 bits per heavy atom. The lowest BCUT2D eigenvalue weighted by Crippen LogP contribution is -2.42. The van der Waals surface area contributed by atoms with Crippen LogP contribution in [-0.4, -0.2) is 42.1 Å². The summed E-state index contributed by atoms with van der Waals surface area (Å²) in [4.78, 5) is 26.1. The van der Waals surface area contributed by atoms with Gasteiger partial charge in [-0.3, -0.25) is 9.69 Å². The fourth-order valence-corrected chi connectivity index (χ4v) is 1.83. The average molecular weight is 276 g/mol. The second-order valence-electron chi connectivity index (χ2n) is 4.73. The van der Waals surface area contributed by atoms with Gasteiger partial charge in [-0.25, -0.2) is 4.79 Å². The lowest BCUT2D eigenvalue weighted by atomic mass is 10.2. The molecule has 1 rings (SSSR count). The van der Waals surface area contributed by atoms with Crippen LogP contribution in [0.25, 0.3) is 0 Å². The van der Waals surface area contributed by atoms with Crippen LogP contribution in [0.2, 0.25) is 0 Å². The Morgan fingerprint density at radius 2 is 1.85 bits per heavy atom. The van der Waals surface area contributed by atoms with Crippen LogP contribution in [0.5, 0.6) is 0 Å². The second-order valence-corrected chi connectivity index (χ2v) is 4.73. The highest BCUT2D eigenvalue weighted by Crippen LogP contribution is 2.16. The number of rotatable bonds is 6. The van der Waals surface area contributed by atoms with Crippen LogP contribution in [0.1, 0.15) is 13.3 Å². The van der Waals surface area contributed by atoms with Crippen molar-refractivity contribution in [2.24, 2.45) is 0 Å². The zero-order chi connectivity index (χ0) is 15.1. The summed E-state index contributed by atoms with van der Waals surface area (Å²) in [5.41, 5.74) is 1.56. The molecular formula is C15H20N2O3. The van der Waals surface area contributed by atoms with Crippen molar-refractivity contribution in [3.05, 3.63) is 42.5 Å². The lowest BCUT2D eigenvalue weighted by molar-refractivity contribution is -0.136. The maximum absolute atomic E-state index is 12.4. The second kappa shape index (κ2) is 7.33. The highest BCUT2D eigenvalue weighted by molar-refractivity contribution is 5.92. The maximum atomic E-state index is 12.4. The first-order valence-corrected chi connectivity index (χ1v) is 6.35. The zero-order valence-corrected chi connectivity index (χ0v) is 11.9. The standard InChI is InChI=1S/C15H20N2O3/c1-12(2)11-16(3)15(20)17(10-9-14(18)19)13-7-5-4-6-8-13/h4-8H,1,9-11H2,2-3H3,(H,18,19). The number of urea groups is 1. The van der Waals surface area contributed by atoms with Crippen molar-refractivity contribution in [3.63, 3.8) is 0 Å². The summed E-state index contributed by atoms with van der Waals surface area (Å²) in [6.07, 6.45) is -0.0957. The van der Waals surface area contributed by atoms with Crippen molar-refractivity contribution in [1.29, 1.82) is 0 Å². The Bertz CT molecular complexity index is 485. The van der Waals surface area contributed by atoms with Crippen LogP contribution < -0.4 is 4.90 Å². The predicted molar refractivity (Wildman–Crippen MR) is 78.9 cm³/mol. The predicted octanol–water partition coefficient (Wildman–Crippen LogP) is 2.60. The number of carbonyl (C=O) groups excluding carboxylic acids is 1. The maximum Gasteiger partial charge on any atom is 0.324 e. The molecule has 0 aliphatic heterocycles. The van der Waals surface area contributed by atoms with Crippen molar-refractivity contribution in [3.8, 4) is 0 Å². The van der Waals surface area contributed by atoms with E-state index in [1.54, 1.807) is 19.2 Å². The summed E-state index contributed by atoms with van der Waals surface area (Å²) >= 11 is 0. The van der Waals surface area contributed by atoms with Gasteiger partial charge in [-0.2, -0.15) is 0 Å². The van der Waals surface area contributed by atoms with Gasteiger partial charge in [-0.05, 0) is 19.1 Å². The first-order chi connectivity index (χ1) is 9.41. The number of aliphatic carboxylic acids is 1. The zero-order valence-electron chi connectivity index (χ0n) is 11.9. The molecule has 0 spiro atoms. The topological polar surface area (TPSA) is 60.9 Å². The quantitative estimate of drug-likeness (QED) is 0.812. The summed E-state index contributed by atoms with van der Waals surface area (Å²) < 4.78 is 0. The van der Waals surface area contributed by atoms with Gasteiger partial charge < -0.3 is 10.0 Å². The molecule has 1 aromatic carbocycles. The van der Waals surface area contributed by atoms with E-state index in [0.29, 0.717) is 12.2 Å². The normalized spacial score (nSPS) is 9.90. The fraction of sp³-hybridized carbons (Fsp3) is 0.333. The summed E-state index contributed by atoms with van der Waals surface area (Å²) in [7, 11) is 1.67. The fourth-order valence-electron chi connectivity index (χ4n) is 1.83. The molecule has 0 radical (unpaired) electrons. The SMILES string of the molecule is C=C(C)CN(C)C(=O)N(CCC(=O)O)c1ccccc1. The molecule has 0 unspecified atom stereocenters. The van der Waals surface area contributed by atoms with E-state index in [1.807, 2.05) is 25.1 Å². The van der Waals surface area contributed by atoms with Crippen molar-refractivity contribution in [1.82, 2.24) is 4.90 Å². The summed E-state index contributed by atoms with van der Waals surface area (Å²) in [5, 5.41) is 8.81. The van der Waals surface area contributed by atoms with Gasteiger partial charge in [-0.1, -0.05) is 30.4 Å². The molecular weight excluding hydrogens is 256 g/mol. The monoisotopic (exact) mass is 276 g/mol. The number of hydrogen-bond donors (Lipinski definition) is 1. The number of carboxylic acid groups (broad SMARTS) is 1. The molecule has 0 heterocycles. The highest BCUT2D eigenvalue weighted by Gasteiger charge is 2.20. The Labute approximate surface area is 119 Å². The molecule has 2 amide bonds. The Hall–Kier alpha value is -2.30. The van der Waals surface area contributed by atoms with Crippen molar-refractivity contribution in [2.45, 2.75) is 13.3 Å². The molecule has 5 nitrogen and oxygen atoms in total. The van der Waals surface area contributed by atoms with Crippen LogP contribution in [0.4, 0.5) is 10.5 Å². The third kappa shape index (κ3) is 4.76. The Kier molecular flexibility index (Phi) is 5.77. The third-order valence-corrected chi connectivity index (χ3v) is 2.68. The van der Waals surface area contributed by atoms with Gasteiger partial charge in [0.2, 0.25) is 0 Å². The summed E-state index contributed by atoms with van der Waals surface area (Å²) in [6, 6.07) is 8.81. The number of benzene rings is 1. The number of carbonyl (C=O) groups is 2. The third-order valence-electron chi connectivity index (χ3n) is 2.68. The number of likely N-dealkylation sites (N-methyl/N-ethyl adjacent to an activating group) is 1. The van der Waals surface area contributed by atoms with Gasteiger partial charge in [-0.15, -0.1) is 0 Å². The van der Waals surface area contributed by atoms with Gasteiger partial charge in [0, 0.05) is 25.8 Å². The van der Waals surface area contributed by atoms with Gasteiger partial charge >= 0.3 is 12.0 Å². The number of anilines is 1. The molecule has 0 saturated heterocycles. The number of amides is 2. The van der Waals surface area contributed by atoms with Crippen LogP contribution in [0.15, 0.2) is 42.5 Å². The van der Waals surface area contributed by atoms with E-state index in [4.69, 9.17) is 5.11 Å². The van der Waals surface area contributed by atoms with Gasteiger partial charge in [0.25, 0.3) is 0 Å². The smallest absolute Gasteiger partial charge is 0.324 e. The number of nitrogens with zero attached hydrogens (tertiary/aromatic N) is 2. The number of carboxylic acids is 1. The van der Waals surface area contributed by atoms with E-state index >= 15 is 0 Å². The summed E-state index contributed by atoms with van der Waals surface area (Å²) in [5.74, 6) is -0.929. The largest absolute Gasteiger partial charge is 0.481 e. The molecule has 5 heteroatoms. The van der Waals surface area contributed by atoms with E-state index in [-0.39, 0.29) is 19.0 Å². The molecule has 0 aromatic heterocycles. The van der Waals surface area contributed by atoms with E-state index < -0.39 is 5.97 Å². The van der Waals surface area contributed by atoms with Crippen LogP contribution >= 0.6 is 0 Å². The van der Waals surface area contributed by atoms with Crippen molar-refractivity contribution in [2.75, 3.05) is 25.0 Å². The first-order valence-electron chi connectivity index (χ1n) is 6.35. The highest BCUT2D eigenvalue weighted by atomic mass is 16.4. The number of para-hydroxylation sites is 1. The van der Waals surface area contributed by atoms with E-state index in [9.17, 15) is 9.59 Å². The number of hydrogen-bond acceptors (Lipinski definition) is 2.